The fourth-order valence-corrected chi connectivity index (χ4v) is 2.23. The molecule has 0 fully saturated rings. The summed E-state index contributed by atoms with van der Waals surface area (Å²) in [6.07, 6.45) is 2.49. The summed E-state index contributed by atoms with van der Waals surface area (Å²) in [5.41, 5.74) is 2.77. The predicted octanol–water partition coefficient (Wildman–Crippen LogP) is 2.54. The van der Waals surface area contributed by atoms with Crippen molar-refractivity contribution in [1.29, 1.82) is 0 Å². The van der Waals surface area contributed by atoms with Gasteiger partial charge in [0.15, 0.2) is 11.4 Å². The summed E-state index contributed by atoms with van der Waals surface area (Å²) in [5, 5.41) is 4.22. The minimum Gasteiger partial charge on any atom is -0.493 e. The molecule has 0 radical (unpaired) electrons. The molecule has 0 amide bonds. The number of aryl methyl sites for hydroxylation is 3. The normalized spacial score (nSPS) is 10.6. The first-order valence-corrected chi connectivity index (χ1v) is 6.66. The van der Waals surface area contributed by atoms with Crippen molar-refractivity contribution >= 4 is 5.78 Å². The average molecular weight is 273 g/mol. The number of ether oxygens (including phenoxy) is 1. The number of carbonyl (C=O) groups excluding carboxylic acids is 1. The van der Waals surface area contributed by atoms with Gasteiger partial charge in [-0.3, -0.25) is 14.5 Å². The highest BCUT2D eigenvalue weighted by Gasteiger charge is 2.21. The van der Waals surface area contributed by atoms with Crippen LogP contribution < -0.4 is 4.74 Å². The first-order chi connectivity index (χ1) is 9.56. The molecule has 0 N–H and O–H groups in total. The summed E-state index contributed by atoms with van der Waals surface area (Å²) in [4.78, 5) is 17.0. The topological polar surface area (TPSA) is 57.0 Å². The number of methoxy groups -OCH3 is 1. The number of rotatable bonds is 5. The van der Waals surface area contributed by atoms with Crippen LogP contribution in [0.1, 0.15) is 40.8 Å². The van der Waals surface area contributed by atoms with Crippen molar-refractivity contribution in [2.75, 3.05) is 7.11 Å². The number of hydrogen-bond donors (Lipinski definition) is 0. The van der Waals surface area contributed by atoms with Crippen molar-refractivity contribution in [1.82, 2.24) is 14.8 Å². The Balaban J connectivity index is 2.49. The molecule has 5 heteroatoms. The van der Waals surface area contributed by atoms with Gasteiger partial charge in [-0.1, -0.05) is 6.92 Å². The maximum Gasteiger partial charge on any atom is 0.214 e. The molecular weight excluding hydrogens is 254 g/mol. The zero-order chi connectivity index (χ0) is 14.7. The maximum atomic E-state index is 12.7. The van der Waals surface area contributed by atoms with Crippen LogP contribution >= 0.6 is 0 Å². The van der Waals surface area contributed by atoms with Crippen molar-refractivity contribution in [3.05, 3.63) is 41.0 Å². The molecule has 0 unspecified atom stereocenters. The van der Waals surface area contributed by atoms with E-state index in [4.69, 9.17) is 4.74 Å². The first-order valence-electron chi connectivity index (χ1n) is 6.66. The summed E-state index contributed by atoms with van der Waals surface area (Å²) >= 11 is 0. The number of pyridine rings is 1. The van der Waals surface area contributed by atoms with Crippen molar-refractivity contribution in [3.63, 3.8) is 0 Å². The molecule has 0 aliphatic heterocycles. The molecule has 0 aromatic carbocycles. The summed E-state index contributed by atoms with van der Waals surface area (Å²) in [6, 6.07) is 3.58. The van der Waals surface area contributed by atoms with Crippen molar-refractivity contribution in [3.8, 4) is 5.75 Å². The molecule has 0 aliphatic rings. The van der Waals surface area contributed by atoms with Gasteiger partial charge in [0.2, 0.25) is 5.78 Å². The van der Waals surface area contributed by atoms with E-state index in [0.717, 1.165) is 17.8 Å². The lowest BCUT2D eigenvalue weighted by Crippen LogP contribution is -2.13. The van der Waals surface area contributed by atoms with Crippen LogP contribution in [0.15, 0.2) is 18.3 Å². The number of ketones is 1. The minimum atomic E-state index is -0.0820. The third-order valence-electron chi connectivity index (χ3n) is 3.02. The van der Waals surface area contributed by atoms with E-state index in [1.54, 1.807) is 30.1 Å². The highest BCUT2D eigenvalue weighted by Crippen LogP contribution is 2.22. The van der Waals surface area contributed by atoms with E-state index in [1.807, 2.05) is 20.8 Å². The largest absolute Gasteiger partial charge is 0.493 e. The van der Waals surface area contributed by atoms with Crippen LogP contribution in [0, 0.1) is 13.8 Å². The van der Waals surface area contributed by atoms with Crippen molar-refractivity contribution < 1.29 is 9.53 Å². The Kier molecular flexibility index (Phi) is 4.17. The molecule has 20 heavy (non-hydrogen) atoms. The lowest BCUT2D eigenvalue weighted by molar-refractivity contribution is 0.102. The van der Waals surface area contributed by atoms with Crippen LogP contribution in [0.2, 0.25) is 0 Å². The second kappa shape index (κ2) is 5.86. The third-order valence-corrected chi connectivity index (χ3v) is 3.02. The van der Waals surface area contributed by atoms with Gasteiger partial charge >= 0.3 is 0 Å². The highest BCUT2D eigenvalue weighted by atomic mass is 16.5. The zero-order valence-corrected chi connectivity index (χ0v) is 12.3. The van der Waals surface area contributed by atoms with E-state index >= 15 is 0 Å². The Morgan fingerprint density at radius 3 is 2.50 bits per heavy atom. The van der Waals surface area contributed by atoms with Crippen LogP contribution in [0.3, 0.4) is 0 Å². The minimum absolute atomic E-state index is 0.0820. The summed E-state index contributed by atoms with van der Waals surface area (Å²) in [7, 11) is 1.55. The van der Waals surface area contributed by atoms with Crippen LogP contribution in [-0.2, 0) is 6.54 Å². The Morgan fingerprint density at radius 2 is 1.95 bits per heavy atom. The van der Waals surface area contributed by atoms with Crippen LogP contribution in [0.4, 0.5) is 0 Å². The Hall–Kier alpha value is -2.17. The molecule has 2 rings (SSSR count). The molecule has 2 heterocycles. The molecule has 0 aliphatic carbocycles. The standard InChI is InChI=1S/C15H19N3O2/c1-5-6-18-14(13(20-4)9-16-18)15(19)12-7-10(2)17-11(3)8-12/h7-9H,5-6H2,1-4H3. The van der Waals surface area contributed by atoms with Gasteiger partial charge in [-0.15, -0.1) is 0 Å². The number of hydrogen-bond acceptors (Lipinski definition) is 4. The second-order valence-corrected chi connectivity index (χ2v) is 4.75. The van der Waals surface area contributed by atoms with E-state index in [2.05, 4.69) is 10.1 Å². The molecule has 106 valence electrons. The highest BCUT2D eigenvalue weighted by molar-refractivity contribution is 6.09. The van der Waals surface area contributed by atoms with Crippen molar-refractivity contribution in [2.45, 2.75) is 33.7 Å². The monoisotopic (exact) mass is 273 g/mol. The summed E-state index contributed by atoms with van der Waals surface area (Å²) in [5.74, 6) is 0.428. The molecule has 5 nitrogen and oxygen atoms in total. The Labute approximate surface area is 118 Å². The molecule has 0 saturated heterocycles. The number of aromatic nitrogens is 3. The van der Waals surface area contributed by atoms with Gasteiger partial charge in [0.1, 0.15) is 0 Å². The summed E-state index contributed by atoms with van der Waals surface area (Å²) < 4.78 is 6.96. The first kappa shape index (κ1) is 14.2. The molecule has 0 spiro atoms. The number of carbonyl (C=O) groups is 1. The van der Waals surface area contributed by atoms with E-state index in [-0.39, 0.29) is 5.78 Å². The third kappa shape index (κ3) is 2.71. The van der Waals surface area contributed by atoms with Gasteiger partial charge in [-0.05, 0) is 32.4 Å². The Morgan fingerprint density at radius 1 is 1.30 bits per heavy atom. The van der Waals surface area contributed by atoms with Gasteiger partial charge in [-0.2, -0.15) is 5.10 Å². The van der Waals surface area contributed by atoms with Gasteiger partial charge in [-0.25, -0.2) is 0 Å². The lowest BCUT2D eigenvalue weighted by atomic mass is 10.1. The van der Waals surface area contributed by atoms with E-state index in [1.165, 1.54) is 0 Å². The van der Waals surface area contributed by atoms with E-state index < -0.39 is 0 Å². The smallest absolute Gasteiger partial charge is 0.214 e. The van der Waals surface area contributed by atoms with Gasteiger partial charge in [0, 0.05) is 23.5 Å². The van der Waals surface area contributed by atoms with Crippen LogP contribution in [0.5, 0.6) is 5.75 Å². The molecule has 2 aromatic heterocycles. The average Bonchev–Trinajstić information content (AvgIpc) is 2.80. The van der Waals surface area contributed by atoms with Gasteiger partial charge < -0.3 is 4.74 Å². The lowest BCUT2D eigenvalue weighted by Gasteiger charge is -2.08. The fourth-order valence-electron chi connectivity index (χ4n) is 2.23. The van der Waals surface area contributed by atoms with Crippen molar-refractivity contribution in [2.24, 2.45) is 0 Å². The molecule has 0 saturated carbocycles. The predicted molar refractivity (Wildman–Crippen MR) is 76.2 cm³/mol. The Bertz CT molecular complexity index is 612. The molecule has 0 atom stereocenters. The van der Waals surface area contributed by atoms with Crippen LogP contribution in [0.25, 0.3) is 0 Å². The number of nitrogens with zero attached hydrogens (tertiary/aromatic N) is 3. The maximum absolute atomic E-state index is 12.7. The fraction of sp³-hybridized carbons (Fsp3) is 0.400. The molecule has 0 bridgehead atoms. The molecule has 2 aromatic rings. The molecular formula is C15H19N3O2. The summed E-state index contributed by atoms with van der Waals surface area (Å²) in [6.45, 7) is 6.49. The van der Waals surface area contributed by atoms with E-state index in [9.17, 15) is 4.79 Å². The SMILES string of the molecule is CCCn1ncc(OC)c1C(=O)c1cc(C)nc(C)c1. The zero-order valence-electron chi connectivity index (χ0n) is 12.3. The quantitative estimate of drug-likeness (QED) is 0.786. The van der Waals surface area contributed by atoms with Gasteiger partial charge in [0.05, 0.1) is 13.3 Å². The van der Waals surface area contributed by atoms with Crippen LogP contribution in [-0.4, -0.2) is 27.7 Å². The second-order valence-electron chi connectivity index (χ2n) is 4.75. The van der Waals surface area contributed by atoms with E-state index in [0.29, 0.717) is 23.6 Å². The van der Waals surface area contributed by atoms with Gasteiger partial charge in [0.25, 0.3) is 0 Å².